The quantitative estimate of drug-likeness (QED) is 0.497. The summed E-state index contributed by atoms with van der Waals surface area (Å²) in [6, 6.07) is 13.8. The van der Waals surface area contributed by atoms with E-state index < -0.39 is 0 Å². The molecule has 0 aliphatic carbocycles. The van der Waals surface area contributed by atoms with Crippen LogP contribution in [0.15, 0.2) is 48.5 Å². The van der Waals surface area contributed by atoms with Gasteiger partial charge in [0, 0.05) is 31.2 Å². The molecule has 0 bridgehead atoms. The fourth-order valence-corrected chi connectivity index (χ4v) is 3.99. The molecule has 0 spiro atoms. The van der Waals surface area contributed by atoms with Gasteiger partial charge in [-0.3, -0.25) is 4.79 Å². The van der Waals surface area contributed by atoms with Crippen LogP contribution in [0.4, 0.5) is 0 Å². The zero-order valence-electron chi connectivity index (χ0n) is 19.9. The number of hydrogen-bond donors (Lipinski definition) is 1. The Bertz CT molecular complexity index is 917. The highest BCUT2D eigenvalue weighted by Gasteiger charge is 2.34. The van der Waals surface area contributed by atoms with Crippen molar-refractivity contribution in [1.82, 2.24) is 5.32 Å². The topological polar surface area (TPSA) is 66.0 Å². The van der Waals surface area contributed by atoms with Gasteiger partial charge in [0.1, 0.15) is 5.75 Å². The number of amides is 1. The molecule has 2 aromatic rings. The SMILES string of the molecule is CCCOc1ccc(C=CC(=O)NCC2(c3ccc(OC)cc3)CCOCC2)cc1OCC. The largest absolute Gasteiger partial charge is 0.497 e. The minimum atomic E-state index is -0.144. The molecule has 2 aromatic carbocycles. The van der Waals surface area contributed by atoms with E-state index in [9.17, 15) is 4.79 Å². The van der Waals surface area contributed by atoms with Crippen LogP contribution in [0, 0.1) is 0 Å². The van der Waals surface area contributed by atoms with E-state index in [4.69, 9.17) is 18.9 Å². The van der Waals surface area contributed by atoms with Crippen LogP contribution in [0.1, 0.15) is 44.2 Å². The number of methoxy groups -OCH3 is 1. The molecular weight excluding hydrogens is 418 g/mol. The van der Waals surface area contributed by atoms with Crippen LogP contribution in [0.2, 0.25) is 0 Å². The molecule has 0 radical (unpaired) electrons. The lowest BCUT2D eigenvalue weighted by Crippen LogP contribution is -2.44. The first-order chi connectivity index (χ1) is 16.1. The van der Waals surface area contributed by atoms with Crippen LogP contribution in [0.3, 0.4) is 0 Å². The van der Waals surface area contributed by atoms with E-state index >= 15 is 0 Å². The fraction of sp³-hybridized carbons (Fsp3) is 0.444. The van der Waals surface area contributed by atoms with E-state index in [1.54, 1.807) is 19.3 Å². The van der Waals surface area contributed by atoms with Gasteiger partial charge in [0.2, 0.25) is 5.91 Å². The minimum absolute atomic E-state index is 0.126. The summed E-state index contributed by atoms with van der Waals surface area (Å²) in [5.41, 5.74) is 1.93. The molecule has 1 heterocycles. The lowest BCUT2D eigenvalue weighted by Gasteiger charge is -2.38. The predicted molar refractivity (Wildman–Crippen MR) is 130 cm³/mol. The number of rotatable bonds is 11. The highest BCUT2D eigenvalue weighted by Crippen LogP contribution is 2.35. The average Bonchev–Trinajstić information content (AvgIpc) is 2.86. The number of carbonyl (C=O) groups excluding carboxylic acids is 1. The highest BCUT2D eigenvalue weighted by molar-refractivity contribution is 5.91. The fourth-order valence-electron chi connectivity index (χ4n) is 3.99. The number of hydrogen-bond acceptors (Lipinski definition) is 5. The van der Waals surface area contributed by atoms with E-state index in [2.05, 4.69) is 24.4 Å². The third-order valence-corrected chi connectivity index (χ3v) is 5.91. The molecule has 3 rings (SSSR count). The van der Waals surface area contributed by atoms with Gasteiger partial charge in [0.15, 0.2) is 11.5 Å². The summed E-state index contributed by atoms with van der Waals surface area (Å²) in [5, 5.41) is 3.10. The lowest BCUT2D eigenvalue weighted by atomic mass is 9.74. The summed E-state index contributed by atoms with van der Waals surface area (Å²) in [4.78, 5) is 12.6. The molecule has 33 heavy (non-hydrogen) atoms. The monoisotopic (exact) mass is 453 g/mol. The van der Waals surface area contributed by atoms with Gasteiger partial charge in [-0.2, -0.15) is 0 Å². The van der Waals surface area contributed by atoms with Gasteiger partial charge < -0.3 is 24.3 Å². The van der Waals surface area contributed by atoms with Gasteiger partial charge in [-0.25, -0.2) is 0 Å². The molecule has 0 saturated carbocycles. The first-order valence-corrected chi connectivity index (χ1v) is 11.7. The summed E-state index contributed by atoms with van der Waals surface area (Å²) in [6.45, 7) is 7.12. The Morgan fingerprint density at radius 1 is 1.06 bits per heavy atom. The first-order valence-electron chi connectivity index (χ1n) is 11.7. The van der Waals surface area contributed by atoms with Crippen LogP contribution in [0.25, 0.3) is 6.08 Å². The summed E-state index contributed by atoms with van der Waals surface area (Å²) in [5.74, 6) is 2.11. The van der Waals surface area contributed by atoms with Gasteiger partial charge in [0.25, 0.3) is 0 Å². The molecule has 178 valence electrons. The Morgan fingerprint density at radius 3 is 2.48 bits per heavy atom. The third kappa shape index (κ3) is 6.75. The van der Waals surface area contributed by atoms with E-state index in [0.717, 1.165) is 36.3 Å². The third-order valence-electron chi connectivity index (χ3n) is 5.91. The molecule has 1 saturated heterocycles. The molecule has 6 heteroatoms. The van der Waals surface area contributed by atoms with E-state index in [0.29, 0.717) is 38.7 Å². The molecule has 1 aliphatic heterocycles. The standard InChI is InChI=1S/C27H35NO5/c1-4-16-33-24-12-6-21(19-25(24)32-5-2)7-13-26(29)28-20-27(14-17-31-18-15-27)22-8-10-23(30-3)11-9-22/h6-13,19H,4-5,14-18,20H2,1-3H3,(H,28,29). The molecule has 0 unspecified atom stereocenters. The van der Waals surface area contributed by atoms with Gasteiger partial charge in [-0.1, -0.05) is 25.1 Å². The smallest absolute Gasteiger partial charge is 0.244 e. The van der Waals surface area contributed by atoms with Crippen molar-refractivity contribution in [2.24, 2.45) is 0 Å². The second kappa shape index (κ2) is 12.3. The Labute approximate surface area is 196 Å². The summed E-state index contributed by atoms with van der Waals surface area (Å²) in [6.07, 6.45) is 6.02. The highest BCUT2D eigenvalue weighted by atomic mass is 16.5. The number of carbonyl (C=O) groups is 1. The molecule has 1 amide bonds. The van der Waals surface area contributed by atoms with Crippen molar-refractivity contribution in [2.75, 3.05) is 40.1 Å². The zero-order chi connectivity index (χ0) is 23.5. The molecule has 0 aromatic heterocycles. The van der Waals surface area contributed by atoms with E-state index in [-0.39, 0.29) is 11.3 Å². The second-order valence-corrected chi connectivity index (χ2v) is 8.16. The van der Waals surface area contributed by atoms with Crippen molar-refractivity contribution >= 4 is 12.0 Å². The van der Waals surface area contributed by atoms with Crippen LogP contribution >= 0.6 is 0 Å². The average molecular weight is 454 g/mol. The van der Waals surface area contributed by atoms with E-state index in [1.165, 1.54) is 5.56 Å². The van der Waals surface area contributed by atoms with Crippen molar-refractivity contribution in [2.45, 2.75) is 38.5 Å². The van der Waals surface area contributed by atoms with Crippen LogP contribution in [-0.2, 0) is 14.9 Å². The first kappa shape index (κ1) is 24.6. The Morgan fingerprint density at radius 2 is 1.82 bits per heavy atom. The Kier molecular flexibility index (Phi) is 9.19. The van der Waals surface area contributed by atoms with Crippen LogP contribution in [0.5, 0.6) is 17.2 Å². The normalized spacial score (nSPS) is 15.2. The van der Waals surface area contributed by atoms with Gasteiger partial charge >= 0.3 is 0 Å². The molecule has 0 atom stereocenters. The summed E-state index contributed by atoms with van der Waals surface area (Å²) < 4.78 is 22.3. The number of benzene rings is 2. The minimum Gasteiger partial charge on any atom is -0.497 e. The summed E-state index contributed by atoms with van der Waals surface area (Å²) in [7, 11) is 1.66. The van der Waals surface area contributed by atoms with Gasteiger partial charge in [-0.05, 0) is 67.7 Å². The lowest BCUT2D eigenvalue weighted by molar-refractivity contribution is -0.116. The van der Waals surface area contributed by atoms with Crippen molar-refractivity contribution in [3.05, 3.63) is 59.7 Å². The summed E-state index contributed by atoms with van der Waals surface area (Å²) >= 11 is 0. The molecule has 1 fully saturated rings. The van der Waals surface area contributed by atoms with Crippen molar-refractivity contribution < 1.29 is 23.7 Å². The molecule has 1 aliphatic rings. The zero-order valence-corrected chi connectivity index (χ0v) is 19.9. The van der Waals surface area contributed by atoms with Crippen molar-refractivity contribution in [1.29, 1.82) is 0 Å². The van der Waals surface area contributed by atoms with Crippen LogP contribution < -0.4 is 19.5 Å². The van der Waals surface area contributed by atoms with Crippen LogP contribution in [-0.4, -0.2) is 46.0 Å². The van der Waals surface area contributed by atoms with Crippen molar-refractivity contribution in [3.8, 4) is 17.2 Å². The maximum atomic E-state index is 12.6. The number of nitrogens with one attached hydrogen (secondary N) is 1. The Hall–Kier alpha value is -2.99. The van der Waals surface area contributed by atoms with Crippen molar-refractivity contribution in [3.63, 3.8) is 0 Å². The maximum absolute atomic E-state index is 12.6. The molecular formula is C27H35NO5. The predicted octanol–water partition coefficient (Wildman–Crippen LogP) is 4.76. The maximum Gasteiger partial charge on any atom is 0.244 e. The Balaban J connectivity index is 1.66. The molecule has 6 nitrogen and oxygen atoms in total. The van der Waals surface area contributed by atoms with Gasteiger partial charge in [0.05, 0.1) is 20.3 Å². The molecule has 1 N–H and O–H groups in total. The van der Waals surface area contributed by atoms with Gasteiger partial charge in [-0.15, -0.1) is 0 Å². The number of ether oxygens (including phenoxy) is 4. The second-order valence-electron chi connectivity index (χ2n) is 8.16. The van der Waals surface area contributed by atoms with E-state index in [1.807, 2.05) is 37.3 Å².